The van der Waals surface area contributed by atoms with Crippen LogP contribution in [0.2, 0.25) is 0 Å². The van der Waals surface area contributed by atoms with E-state index in [-0.39, 0.29) is 37.0 Å². The van der Waals surface area contributed by atoms with Crippen molar-refractivity contribution >= 4 is 23.7 Å². The molecule has 1 aromatic rings. The molecule has 0 saturated carbocycles. The van der Waals surface area contributed by atoms with Gasteiger partial charge in [0.15, 0.2) is 0 Å². The SMILES string of the molecule is CCC(C)C(NC(=O)CN)C(=O)NC(Cc1ccc(O)cc1)C(=O)NC(CC(C)C)C(=O)O. The number of nitrogens with one attached hydrogen (secondary N) is 3. The van der Waals surface area contributed by atoms with Crippen molar-refractivity contribution in [1.29, 1.82) is 0 Å². The summed E-state index contributed by atoms with van der Waals surface area (Å²) in [5.74, 6) is -3.05. The minimum atomic E-state index is -1.17. The van der Waals surface area contributed by atoms with E-state index in [0.717, 1.165) is 0 Å². The van der Waals surface area contributed by atoms with Crippen molar-refractivity contribution in [2.45, 2.75) is 65.1 Å². The molecule has 1 rings (SSSR count). The van der Waals surface area contributed by atoms with Gasteiger partial charge < -0.3 is 31.9 Å². The van der Waals surface area contributed by atoms with Crippen molar-refractivity contribution in [3.05, 3.63) is 29.8 Å². The van der Waals surface area contributed by atoms with E-state index < -0.39 is 41.8 Å². The van der Waals surface area contributed by atoms with Crippen LogP contribution in [0.5, 0.6) is 5.75 Å². The summed E-state index contributed by atoms with van der Waals surface area (Å²) in [7, 11) is 0. The summed E-state index contributed by atoms with van der Waals surface area (Å²) in [4.78, 5) is 49.5. The summed E-state index contributed by atoms with van der Waals surface area (Å²) in [5.41, 5.74) is 6.01. The molecule has 0 aliphatic heterocycles. The van der Waals surface area contributed by atoms with E-state index in [9.17, 15) is 29.4 Å². The van der Waals surface area contributed by atoms with E-state index in [1.807, 2.05) is 20.8 Å². The van der Waals surface area contributed by atoms with Gasteiger partial charge in [0.1, 0.15) is 23.9 Å². The van der Waals surface area contributed by atoms with Gasteiger partial charge in [-0.2, -0.15) is 0 Å². The zero-order valence-electron chi connectivity index (χ0n) is 19.6. The highest BCUT2D eigenvalue weighted by Crippen LogP contribution is 2.14. The van der Waals surface area contributed by atoms with E-state index in [4.69, 9.17) is 5.73 Å². The third-order valence-corrected chi connectivity index (χ3v) is 5.33. The Bertz CT molecular complexity index is 812. The van der Waals surface area contributed by atoms with Crippen LogP contribution in [0.3, 0.4) is 0 Å². The molecule has 0 aliphatic carbocycles. The van der Waals surface area contributed by atoms with Gasteiger partial charge in [0, 0.05) is 6.42 Å². The van der Waals surface area contributed by atoms with Crippen LogP contribution < -0.4 is 21.7 Å². The van der Waals surface area contributed by atoms with Crippen molar-refractivity contribution in [3.8, 4) is 5.75 Å². The molecule has 10 nitrogen and oxygen atoms in total. The van der Waals surface area contributed by atoms with E-state index >= 15 is 0 Å². The third kappa shape index (κ3) is 9.48. The predicted octanol–water partition coefficient (Wildman–Crippen LogP) is 0.525. The summed E-state index contributed by atoms with van der Waals surface area (Å²) >= 11 is 0. The lowest BCUT2D eigenvalue weighted by atomic mass is 9.97. The monoisotopic (exact) mass is 464 g/mol. The quantitative estimate of drug-likeness (QED) is 0.247. The van der Waals surface area contributed by atoms with Crippen molar-refractivity contribution < 1.29 is 29.4 Å². The molecule has 0 bridgehead atoms. The van der Waals surface area contributed by atoms with Crippen LogP contribution in [0.4, 0.5) is 0 Å². The smallest absolute Gasteiger partial charge is 0.326 e. The number of phenols is 1. The Hall–Kier alpha value is -3.14. The third-order valence-electron chi connectivity index (χ3n) is 5.33. The van der Waals surface area contributed by atoms with Gasteiger partial charge in [0.25, 0.3) is 0 Å². The number of phenolic OH excluding ortho intramolecular Hbond substituents is 1. The number of carboxylic acids is 1. The number of rotatable bonds is 13. The van der Waals surface area contributed by atoms with Crippen LogP contribution in [-0.4, -0.2) is 58.6 Å². The molecule has 0 aromatic heterocycles. The number of amides is 3. The molecule has 33 heavy (non-hydrogen) atoms. The molecule has 1 aromatic carbocycles. The summed E-state index contributed by atoms with van der Waals surface area (Å²) < 4.78 is 0. The average Bonchev–Trinajstić information content (AvgIpc) is 2.76. The normalized spacial score (nSPS) is 14.6. The van der Waals surface area contributed by atoms with Crippen LogP contribution in [0.1, 0.15) is 46.1 Å². The average molecular weight is 465 g/mol. The number of carboxylic acid groups (broad SMARTS) is 1. The molecule has 0 spiro atoms. The highest BCUT2D eigenvalue weighted by atomic mass is 16.4. The highest BCUT2D eigenvalue weighted by Gasteiger charge is 2.31. The van der Waals surface area contributed by atoms with Gasteiger partial charge in [-0.1, -0.05) is 46.2 Å². The lowest BCUT2D eigenvalue weighted by Gasteiger charge is -2.27. The molecular weight excluding hydrogens is 428 g/mol. The van der Waals surface area contributed by atoms with E-state index in [1.54, 1.807) is 19.1 Å². The summed E-state index contributed by atoms with van der Waals surface area (Å²) in [5, 5.41) is 26.8. The molecule has 184 valence electrons. The van der Waals surface area contributed by atoms with Crippen molar-refractivity contribution in [2.75, 3.05) is 6.54 Å². The molecule has 4 atom stereocenters. The Labute approximate surface area is 194 Å². The number of aliphatic carboxylic acids is 1. The first-order valence-corrected chi connectivity index (χ1v) is 11.1. The largest absolute Gasteiger partial charge is 0.508 e. The summed E-state index contributed by atoms with van der Waals surface area (Å²) in [6.45, 7) is 7.05. The second kappa shape index (κ2) is 13.4. The maximum absolute atomic E-state index is 13.0. The molecule has 4 unspecified atom stereocenters. The first-order chi connectivity index (χ1) is 15.5. The summed E-state index contributed by atoms with van der Waals surface area (Å²) in [6, 6.07) is 2.99. The maximum atomic E-state index is 13.0. The Kier molecular flexibility index (Phi) is 11.3. The van der Waals surface area contributed by atoms with Crippen LogP contribution in [-0.2, 0) is 25.6 Å². The second-order valence-electron chi connectivity index (χ2n) is 8.60. The molecule has 7 N–H and O–H groups in total. The second-order valence-corrected chi connectivity index (χ2v) is 8.60. The fourth-order valence-electron chi connectivity index (χ4n) is 3.24. The highest BCUT2D eigenvalue weighted by molar-refractivity contribution is 5.93. The molecule has 0 radical (unpaired) electrons. The number of benzene rings is 1. The summed E-state index contributed by atoms with van der Waals surface area (Å²) in [6.07, 6.45) is 0.875. The van der Waals surface area contributed by atoms with Crippen LogP contribution in [0.15, 0.2) is 24.3 Å². The first kappa shape index (κ1) is 27.9. The van der Waals surface area contributed by atoms with Gasteiger partial charge >= 0.3 is 5.97 Å². The fourth-order valence-corrected chi connectivity index (χ4v) is 3.24. The molecule has 0 aliphatic rings. The first-order valence-electron chi connectivity index (χ1n) is 11.1. The van der Waals surface area contributed by atoms with Crippen molar-refractivity contribution in [2.24, 2.45) is 17.6 Å². The van der Waals surface area contributed by atoms with Crippen LogP contribution in [0, 0.1) is 11.8 Å². The molecule has 0 heterocycles. The molecule has 10 heteroatoms. The van der Waals surface area contributed by atoms with Gasteiger partial charge in [0.2, 0.25) is 17.7 Å². The molecule has 3 amide bonds. The molecule has 0 fully saturated rings. The van der Waals surface area contributed by atoms with Crippen LogP contribution >= 0.6 is 0 Å². The van der Waals surface area contributed by atoms with Gasteiger partial charge in [0.05, 0.1) is 6.54 Å². The topological polar surface area (TPSA) is 171 Å². The van der Waals surface area contributed by atoms with Gasteiger partial charge in [-0.3, -0.25) is 14.4 Å². The lowest BCUT2D eigenvalue weighted by molar-refractivity contribution is -0.142. The number of carbonyl (C=O) groups excluding carboxylic acids is 3. The van der Waals surface area contributed by atoms with Gasteiger partial charge in [-0.15, -0.1) is 0 Å². The van der Waals surface area contributed by atoms with E-state index in [0.29, 0.717) is 12.0 Å². The Morgan fingerprint density at radius 3 is 2.00 bits per heavy atom. The number of hydrogen-bond acceptors (Lipinski definition) is 6. The molecular formula is C23H36N4O6. The van der Waals surface area contributed by atoms with Crippen molar-refractivity contribution in [3.63, 3.8) is 0 Å². The Balaban J connectivity index is 3.15. The van der Waals surface area contributed by atoms with Gasteiger partial charge in [-0.25, -0.2) is 4.79 Å². The van der Waals surface area contributed by atoms with Crippen LogP contribution in [0.25, 0.3) is 0 Å². The standard InChI is InChI=1S/C23H36N4O6/c1-5-14(4)20(27-19(29)12-24)22(31)25-17(11-15-6-8-16(28)9-7-15)21(30)26-18(23(32)33)10-13(2)3/h6-9,13-14,17-18,20,28H,5,10-12,24H2,1-4H3,(H,25,31)(H,26,30)(H,27,29)(H,32,33). The minimum absolute atomic E-state index is 0.0257. The van der Waals surface area contributed by atoms with Gasteiger partial charge in [-0.05, 0) is 36.0 Å². The Morgan fingerprint density at radius 2 is 1.52 bits per heavy atom. The maximum Gasteiger partial charge on any atom is 0.326 e. The number of hydrogen-bond donors (Lipinski definition) is 6. The zero-order valence-corrected chi connectivity index (χ0v) is 19.6. The minimum Gasteiger partial charge on any atom is -0.508 e. The zero-order chi connectivity index (χ0) is 25.1. The lowest BCUT2D eigenvalue weighted by Crippen LogP contribution is -2.58. The number of aromatic hydroxyl groups is 1. The number of nitrogens with two attached hydrogens (primary N) is 1. The van der Waals surface area contributed by atoms with E-state index in [1.165, 1.54) is 12.1 Å². The number of carbonyl (C=O) groups is 4. The van der Waals surface area contributed by atoms with E-state index in [2.05, 4.69) is 16.0 Å². The predicted molar refractivity (Wildman–Crippen MR) is 123 cm³/mol. The molecule has 0 saturated heterocycles. The fraction of sp³-hybridized carbons (Fsp3) is 0.565. The Morgan fingerprint density at radius 1 is 0.939 bits per heavy atom. The van der Waals surface area contributed by atoms with Crippen molar-refractivity contribution in [1.82, 2.24) is 16.0 Å².